The summed E-state index contributed by atoms with van der Waals surface area (Å²) in [7, 11) is 0. The predicted octanol–water partition coefficient (Wildman–Crippen LogP) is 5.16. The van der Waals surface area contributed by atoms with Gasteiger partial charge in [-0.3, -0.25) is 4.79 Å². The molecule has 4 heteroatoms. The van der Waals surface area contributed by atoms with Crippen molar-refractivity contribution in [2.45, 2.75) is 6.42 Å². The van der Waals surface area contributed by atoms with Crippen LogP contribution in [-0.4, -0.2) is 4.98 Å². The van der Waals surface area contributed by atoms with Crippen molar-refractivity contribution < 1.29 is 0 Å². The summed E-state index contributed by atoms with van der Waals surface area (Å²) < 4.78 is 0. The third-order valence-electron chi connectivity index (χ3n) is 5.09. The lowest BCUT2D eigenvalue weighted by atomic mass is 9.98. The molecular weight excluding hydrogens is 324 g/mol. The van der Waals surface area contributed by atoms with Gasteiger partial charge in [0.2, 0.25) is 0 Å². The standard InChI is InChI=1S/C22H14N2O2/c25-22-21-16-7-2-1-5-13(16)12-18(21)17-11-14(9-10-19(17)23-22)15-6-3-4-8-20(15)24-26/h1-11H,12H2,(H,23,25). The number of aromatic amines is 1. The van der Waals surface area contributed by atoms with Crippen molar-refractivity contribution in [1.82, 2.24) is 4.98 Å². The van der Waals surface area contributed by atoms with E-state index < -0.39 is 0 Å². The highest BCUT2D eigenvalue weighted by molar-refractivity contribution is 5.95. The van der Waals surface area contributed by atoms with Crippen LogP contribution in [0.2, 0.25) is 0 Å². The van der Waals surface area contributed by atoms with Gasteiger partial charge in [-0.05, 0) is 52.1 Å². The maximum absolute atomic E-state index is 12.6. The number of pyridine rings is 1. The summed E-state index contributed by atoms with van der Waals surface area (Å²) in [6.07, 6.45) is 0.739. The molecule has 1 heterocycles. The summed E-state index contributed by atoms with van der Waals surface area (Å²) in [5.74, 6) is 0. The molecule has 4 nitrogen and oxygen atoms in total. The molecular formula is C22H14N2O2. The Balaban J connectivity index is 1.80. The minimum absolute atomic E-state index is 0.0554. The molecule has 0 saturated carbocycles. The van der Waals surface area contributed by atoms with Gasteiger partial charge in [0.15, 0.2) is 0 Å². The highest BCUT2D eigenvalue weighted by Gasteiger charge is 2.23. The second-order valence-electron chi connectivity index (χ2n) is 6.51. The summed E-state index contributed by atoms with van der Waals surface area (Å²) in [5.41, 5.74) is 6.85. The number of aromatic nitrogens is 1. The second-order valence-corrected chi connectivity index (χ2v) is 6.51. The molecule has 124 valence electrons. The third kappa shape index (κ3) is 2.05. The molecule has 26 heavy (non-hydrogen) atoms. The average molecular weight is 338 g/mol. The van der Waals surface area contributed by atoms with Crippen molar-refractivity contribution in [3.63, 3.8) is 0 Å². The molecule has 0 spiro atoms. The largest absolute Gasteiger partial charge is 0.321 e. The van der Waals surface area contributed by atoms with Gasteiger partial charge < -0.3 is 4.98 Å². The Morgan fingerprint density at radius 1 is 0.885 bits per heavy atom. The van der Waals surface area contributed by atoms with Gasteiger partial charge in [0, 0.05) is 16.5 Å². The predicted molar refractivity (Wildman–Crippen MR) is 104 cm³/mol. The van der Waals surface area contributed by atoms with Crippen LogP contribution in [0.15, 0.2) is 76.7 Å². The van der Waals surface area contributed by atoms with Crippen molar-refractivity contribution in [2.24, 2.45) is 5.18 Å². The topological polar surface area (TPSA) is 62.3 Å². The molecule has 1 N–H and O–H groups in total. The van der Waals surface area contributed by atoms with E-state index in [1.54, 1.807) is 12.1 Å². The van der Waals surface area contributed by atoms with Gasteiger partial charge in [0.1, 0.15) is 5.69 Å². The molecule has 0 unspecified atom stereocenters. The van der Waals surface area contributed by atoms with Gasteiger partial charge in [0.05, 0.1) is 5.56 Å². The molecule has 0 aliphatic heterocycles. The summed E-state index contributed by atoms with van der Waals surface area (Å²) >= 11 is 0. The van der Waals surface area contributed by atoms with Crippen LogP contribution in [0.25, 0.3) is 33.2 Å². The Kier molecular flexibility index (Phi) is 3.12. The quantitative estimate of drug-likeness (QED) is 0.452. The first kappa shape index (κ1) is 14.8. The van der Waals surface area contributed by atoms with Crippen molar-refractivity contribution in [2.75, 3.05) is 0 Å². The lowest BCUT2D eigenvalue weighted by Gasteiger charge is -2.09. The number of rotatable bonds is 2. The van der Waals surface area contributed by atoms with E-state index in [0.29, 0.717) is 5.69 Å². The van der Waals surface area contributed by atoms with Crippen LogP contribution >= 0.6 is 0 Å². The minimum Gasteiger partial charge on any atom is -0.321 e. The molecule has 4 aromatic rings. The summed E-state index contributed by atoms with van der Waals surface area (Å²) in [4.78, 5) is 26.8. The fourth-order valence-electron chi connectivity index (χ4n) is 3.90. The number of H-pyrrole nitrogens is 1. The van der Waals surface area contributed by atoms with Gasteiger partial charge in [-0.15, -0.1) is 4.91 Å². The van der Waals surface area contributed by atoms with Crippen LogP contribution in [0.5, 0.6) is 0 Å². The van der Waals surface area contributed by atoms with Gasteiger partial charge in [-0.25, -0.2) is 0 Å². The van der Waals surface area contributed by atoms with Gasteiger partial charge >= 0.3 is 0 Å². The summed E-state index contributed by atoms with van der Waals surface area (Å²) in [6.45, 7) is 0. The molecule has 0 atom stereocenters. The highest BCUT2D eigenvalue weighted by Crippen LogP contribution is 2.39. The molecule has 1 aromatic heterocycles. The van der Waals surface area contributed by atoms with Crippen molar-refractivity contribution >= 4 is 16.6 Å². The van der Waals surface area contributed by atoms with Crippen molar-refractivity contribution in [3.8, 4) is 22.3 Å². The van der Waals surface area contributed by atoms with E-state index in [9.17, 15) is 9.70 Å². The Labute approximate surface area is 149 Å². The fraction of sp³-hybridized carbons (Fsp3) is 0.0455. The Morgan fingerprint density at radius 2 is 1.65 bits per heavy atom. The number of hydrogen-bond donors (Lipinski definition) is 1. The zero-order valence-electron chi connectivity index (χ0n) is 13.8. The highest BCUT2D eigenvalue weighted by atomic mass is 16.3. The Bertz CT molecular complexity index is 1250. The first-order chi connectivity index (χ1) is 12.8. The Morgan fingerprint density at radius 3 is 2.50 bits per heavy atom. The summed E-state index contributed by atoms with van der Waals surface area (Å²) in [6, 6.07) is 21.2. The van der Waals surface area contributed by atoms with Crippen molar-refractivity contribution in [1.29, 1.82) is 0 Å². The van der Waals surface area contributed by atoms with E-state index in [1.807, 2.05) is 48.5 Å². The van der Waals surface area contributed by atoms with E-state index in [0.717, 1.165) is 45.1 Å². The lowest BCUT2D eigenvalue weighted by Crippen LogP contribution is -2.09. The molecule has 0 radical (unpaired) electrons. The molecule has 0 fully saturated rings. The SMILES string of the molecule is O=Nc1ccccc1-c1ccc2[nH]c(=O)c3c(c2c1)Cc1ccccc1-3. The maximum Gasteiger partial charge on any atom is 0.256 e. The maximum atomic E-state index is 12.6. The van der Waals surface area contributed by atoms with Gasteiger partial charge in [0.25, 0.3) is 5.56 Å². The first-order valence-corrected chi connectivity index (χ1v) is 8.46. The first-order valence-electron chi connectivity index (χ1n) is 8.46. The van der Waals surface area contributed by atoms with Crippen LogP contribution in [0, 0.1) is 4.91 Å². The van der Waals surface area contributed by atoms with E-state index in [2.05, 4.69) is 16.2 Å². The second kappa shape index (κ2) is 5.49. The van der Waals surface area contributed by atoms with Crippen LogP contribution < -0.4 is 5.56 Å². The number of fused-ring (bicyclic) bond motifs is 5. The van der Waals surface area contributed by atoms with Gasteiger partial charge in [-0.1, -0.05) is 48.5 Å². The van der Waals surface area contributed by atoms with Crippen LogP contribution in [0.4, 0.5) is 5.69 Å². The van der Waals surface area contributed by atoms with Crippen LogP contribution in [0.1, 0.15) is 11.1 Å². The molecule has 1 aliphatic rings. The molecule has 0 amide bonds. The third-order valence-corrected chi connectivity index (χ3v) is 5.09. The lowest BCUT2D eigenvalue weighted by molar-refractivity contribution is 1.25. The zero-order valence-corrected chi connectivity index (χ0v) is 13.8. The number of nitrogens with zero attached hydrogens (tertiary/aromatic N) is 1. The van der Waals surface area contributed by atoms with E-state index in [-0.39, 0.29) is 5.56 Å². The zero-order chi connectivity index (χ0) is 17.7. The number of hydrogen-bond acceptors (Lipinski definition) is 3. The molecule has 1 aliphatic carbocycles. The molecule has 0 saturated heterocycles. The van der Waals surface area contributed by atoms with Crippen LogP contribution in [-0.2, 0) is 6.42 Å². The number of benzene rings is 3. The molecule has 0 bridgehead atoms. The minimum atomic E-state index is -0.0554. The fourth-order valence-corrected chi connectivity index (χ4v) is 3.90. The normalized spacial score (nSPS) is 12.0. The van der Waals surface area contributed by atoms with Crippen LogP contribution in [0.3, 0.4) is 0 Å². The van der Waals surface area contributed by atoms with Crippen molar-refractivity contribution in [3.05, 3.63) is 93.1 Å². The number of nitroso groups, excluding NO2 is 1. The monoisotopic (exact) mass is 338 g/mol. The van der Waals surface area contributed by atoms with E-state index >= 15 is 0 Å². The molecule has 5 rings (SSSR count). The molecule has 3 aromatic carbocycles. The number of nitrogens with one attached hydrogen (secondary N) is 1. The Hall–Kier alpha value is -3.53. The van der Waals surface area contributed by atoms with E-state index in [4.69, 9.17) is 0 Å². The average Bonchev–Trinajstić information content (AvgIpc) is 3.08. The van der Waals surface area contributed by atoms with E-state index in [1.165, 1.54) is 5.56 Å². The summed E-state index contributed by atoms with van der Waals surface area (Å²) in [5, 5.41) is 4.15. The smallest absolute Gasteiger partial charge is 0.256 e. The van der Waals surface area contributed by atoms with Gasteiger partial charge in [-0.2, -0.15) is 0 Å².